The van der Waals surface area contributed by atoms with E-state index in [9.17, 15) is 4.79 Å². The van der Waals surface area contributed by atoms with Crippen LogP contribution < -0.4 is 4.90 Å². The second-order valence-electron chi connectivity index (χ2n) is 7.21. The molecule has 0 spiro atoms. The first-order valence-electron chi connectivity index (χ1n) is 8.39. The van der Waals surface area contributed by atoms with Crippen molar-refractivity contribution in [3.05, 3.63) is 17.1 Å². The van der Waals surface area contributed by atoms with Crippen LogP contribution in [-0.2, 0) is 17.8 Å². The Kier molecular flexibility index (Phi) is 4.50. The van der Waals surface area contributed by atoms with E-state index < -0.39 is 5.41 Å². The molecule has 1 aromatic rings. The molecule has 2 aliphatic rings. The predicted octanol–water partition coefficient (Wildman–Crippen LogP) is 2.53. The molecule has 0 aromatic carbocycles. The molecule has 1 amide bonds. The summed E-state index contributed by atoms with van der Waals surface area (Å²) in [6, 6.07) is 0. The number of hydrogen-bond donors (Lipinski definition) is 0. The number of alkyl halides is 1. The van der Waals surface area contributed by atoms with Crippen molar-refractivity contribution in [1.82, 2.24) is 14.9 Å². The van der Waals surface area contributed by atoms with Crippen molar-refractivity contribution >= 4 is 23.3 Å². The van der Waals surface area contributed by atoms with Crippen molar-refractivity contribution < 1.29 is 4.79 Å². The van der Waals surface area contributed by atoms with E-state index in [2.05, 4.69) is 9.88 Å². The van der Waals surface area contributed by atoms with E-state index in [-0.39, 0.29) is 5.91 Å². The average molecular weight is 337 g/mol. The topological polar surface area (TPSA) is 49.3 Å². The summed E-state index contributed by atoms with van der Waals surface area (Å²) in [5.74, 6) is 2.31. The van der Waals surface area contributed by atoms with Crippen LogP contribution in [0.15, 0.2) is 0 Å². The molecule has 0 atom stereocenters. The molecule has 126 valence electrons. The summed E-state index contributed by atoms with van der Waals surface area (Å²) in [4.78, 5) is 26.3. The Morgan fingerprint density at radius 2 is 1.91 bits per heavy atom. The van der Waals surface area contributed by atoms with Crippen LogP contribution in [0.5, 0.6) is 0 Å². The number of amides is 1. The zero-order valence-corrected chi connectivity index (χ0v) is 15.0. The van der Waals surface area contributed by atoms with Gasteiger partial charge in [0, 0.05) is 37.5 Å². The number of carbonyl (C=O) groups excluding carboxylic acids is 1. The predicted molar refractivity (Wildman–Crippen MR) is 91.8 cm³/mol. The molecular weight excluding hydrogens is 312 g/mol. The molecule has 1 fully saturated rings. The summed E-state index contributed by atoms with van der Waals surface area (Å²) in [6.45, 7) is 9.17. The Balaban J connectivity index is 1.91. The highest BCUT2D eigenvalue weighted by Crippen LogP contribution is 2.31. The molecule has 0 radical (unpaired) electrons. The standard InChI is InChI=1S/C17H25ClN4O/c1-12-19-14-6-9-22(16(23)17(2,3)11-18)10-13(14)15(20-12)21-7-4-5-8-21/h4-11H2,1-3H3. The lowest BCUT2D eigenvalue weighted by atomic mass is 9.92. The smallest absolute Gasteiger partial charge is 0.229 e. The van der Waals surface area contributed by atoms with E-state index >= 15 is 0 Å². The van der Waals surface area contributed by atoms with Crippen molar-refractivity contribution in [2.45, 2.75) is 46.6 Å². The van der Waals surface area contributed by atoms with Gasteiger partial charge in [0.1, 0.15) is 11.6 Å². The van der Waals surface area contributed by atoms with E-state index in [1.54, 1.807) is 0 Å². The summed E-state index contributed by atoms with van der Waals surface area (Å²) < 4.78 is 0. The van der Waals surface area contributed by atoms with Gasteiger partial charge in [-0.1, -0.05) is 0 Å². The van der Waals surface area contributed by atoms with Gasteiger partial charge in [-0.2, -0.15) is 0 Å². The molecule has 5 nitrogen and oxygen atoms in total. The molecule has 6 heteroatoms. The van der Waals surface area contributed by atoms with Crippen molar-refractivity contribution in [1.29, 1.82) is 0 Å². The molecule has 0 saturated carbocycles. The first-order valence-corrected chi connectivity index (χ1v) is 8.92. The molecule has 3 rings (SSSR count). The third kappa shape index (κ3) is 3.16. The van der Waals surface area contributed by atoms with Crippen LogP contribution >= 0.6 is 11.6 Å². The Bertz CT molecular complexity index is 611. The van der Waals surface area contributed by atoms with Crippen molar-refractivity contribution in [2.75, 3.05) is 30.4 Å². The van der Waals surface area contributed by atoms with Gasteiger partial charge in [-0.25, -0.2) is 9.97 Å². The molecule has 0 bridgehead atoms. The molecule has 0 unspecified atom stereocenters. The number of halogens is 1. The van der Waals surface area contributed by atoms with E-state index in [0.717, 1.165) is 42.4 Å². The molecule has 1 aromatic heterocycles. The largest absolute Gasteiger partial charge is 0.356 e. The fourth-order valence-corrected chi connectivity index (χ4v) is 3.48. The lowest BCUT2D eigenvalue weighted by Gasteiger charge is -2.35. The number of carbonyl (C=O) groups is 1. The summed E-state index contributed by atoms with van der Waals surface area (Å²) >= 11 is 5.98. The third-order valence-corrected chi connectivity index (χ3v) is 5.42. The SMILES string of the molecule is Cc1nc2c(c(N3CCCC3)n1)CN(C(=O)C(C)(C)CCl)CC2. The average Bonchev–Trinajstić information content (AvgIpc) is 3.07. The maximum atomic E-state index is 12.7. The lowest BCUT2D eigenvalue weighted by Crippen LogP contribution is -2.45. The Hall–Kier alpha value is -1.36. The van der Waals surface area contributed by atoms with Gasteiger partial charge >= 0.3 is 0 Å². The van der Waals surface area contributed by atoms with Crippen molar-refractivity contribution in [3.8, 4) is 0 Å². The molecular formula is C17H25ClN4O. The van der Waals surface area contributed by atoms with Crippen LogP contribution in [0.2, 0.25) is 0 Å². The van der Waals surface area contributed by atoms with Crippen LogP contribution in [0.4, 0.5) is 5.82 Å². The van der Waals surface area contributed by atoms with Crippen LogP contribution in [0.1, 0.15) is 43.8 Å². The minimum atomic E-state index is -0.529. The van der Waals surface area contributed by atoms with Gasteiger partial charge < -0.3 is 9.80 Å². The quantitative estimate of drug-likeness (QED) is 0.796. The summed E-state index contributed by atoms with van der Waals surface area (Å²) in [6.07, 6.45) is 3.21. The molecule has 1 saturated heterocycles. The van der Waals surface area contributed by atoms with E-state index in [1.807, 2.05) is 25.7 Å². The van der Waals surface area contributed by atoms with Crippen molar-refractivity contribution in [2.24, 2.45) is 5.41 Å². The number of nitrogens with zero attached hydrogens (tertiary/aromatic N) is 4. The second-order valence-corrected chi connectivity index (χ2v) is 7.48. The Morgan fingerprint density at radius 1 is 1.22 bits per heavy atom. The second kappa shape index (κ2) is 6.27. The molecule has 0 aliphatic carbocycles. The first kappa shape index (κ1) is 16.5. The van der Waals surface area contributed by atoms with Crippen LogP contribution in [0.3, 0.4) is 0 Å². The van der Waals surface area contributed by atoms with Crippen LogP contribution in [-0.4, -0.2) is 46.3 Å². The van der Waals surface area contributed by atoms with Gasteiger partial charge in [-0.3, -0.25) is 4.79 Å². The Morgan fingerprint density at radius 3 is 2.57 bits per heavy atom. The van der Waals surface area contributed by atoms with E-state index in [1.165, 1.54) is 12.8 Å². The minimum Gasteiger partial charge on any atom is -0.356 e. The first-order chi connectivity index (χ1) is 10.9. The maximum Gasteiger partial charge on any atom is 0.229 e. The highest BCUT2D eigenvalue weighted by atomic mass is 35.5. The fourth-order valence-electron chi connectivity index (χ4n) is 3.37. The highest BCUT2D eigenvalue weighted by molar-refractivity contribution is 6.19. The van der Waals surface area contributed by atoms with Gasteiger partial charge in [0.2, 0.25) is 5.91 Å². The third-order valence-electron chi connectivity index (χ3n) is 4.76. The number of aromatic nitrogens is 2. The van der Waals surface area contributed by atoms with E-state index in [0.29, 0.717) is 19.0 Å². The zero-order chi connectivity index (χ0) is 16.6. The van der Waals surface area contributed by atoms with Crippen molar-refractivity contribution in [3.63, 3.8) is 0 Å². The number of rotatable bonds is 3. The summed E-state index contributed by atoms with van der Waals surface area (Å²) in [7, 11) is 0. The van der Waals surface area contributed by atoms with Gasteiger partial charge in [0.15, 0.2) is 0 Å². The number of anilines is 1. The molecule has 3 heterocycles. The maximum absolute atomic E-state index is 12.7. The van der Waals surface area contributed by atoms with Gasteiger partial charge in [-0.05, 0) is 33.6 Å². The Labute approximate surface area is 143 Å². The van der Waals surface area contributed by atoms with Crippen LogP contribution in [0, 0.1) is 12.3 Å². The minimum absolute atomic E-state index is 0.117. The number of aryl methyl sites for hydroxylation is 1. The number of fused-ring (bicyclic) bond motifs is 1. The zero-order valence-electron chi connectivity index (χ0n) is 14.2. The van der Waals surface area contributed by atoms with Gasteiger partial charge in [0.05, 0.1) is 17.7 Å². The summed E-state index contributed by atoms with van der Waals surface area (Å²) in [5.41, 5.74) is 1.70. The molecule has 23 heavy (non-hydrogen) atoms. The monoisotopic (exact) mass is 336 g/mol. The van der Waals surface area contributed by atoms with Gasteiger partial charge in [0.25, 0.3) is 0 Å². The van der Waals surface area contributed by atoms with Crippen LogP contribution in [0.25, 0.3) is 0 Å². The van der Waals surface area contributed by atoms with Gasteiger partial charge in [-0.15, -0.1) is 11.6 Å². The normalized spacial score (nSPS) is 18.3. The fraction of sp³-hybridized carbons (Fsp3) is 0.706. The molecule has 0 N–H and O–H groups in total. The summed E-state index contributed by atoms with van der Waals surface area (Å²) in [5, 5.41) is 0. The lowest BCUT2D eigenvalue weighted by molar-refractivity contribution is -0.140. The number of hydrogen-bond acceptors (Lipinski definition) is 4. The highest BCUT2D eigenvalue weighted by Gasteiger charge is 2.35. The molecule has 2 aliphatic heterocycles. The van der Waals surface area contributed by atoms with E-state index in [4.69, 9.17) is 16.6 Å².